The summed E-state index contributed by atoms with van der Waals surface area (Å²) in [5, 5.41) is 13.1. The molecule has 0 aliphatic carbocycles. The van der Waals surface area contributed by atoms with Gasteiger partial charge in [-0.05, 0) is 72.7 Å². The van der Waals surface area contributed by atoms with Gasteiger partial charge < -0.3 is 0 Å². The summed E-state index contributed by atoms with van der Waals surface area (Å²) >= 11 is 5.10. The second-order valence-electron chi connectivity index (χ2n) is 17.6. The van der Waals surface area contributed by atoms with Crippen LogP contribution in [0.4, 0.5) is 0 Å². The van der Waals surface area contributed by atoms with Gasteiger partial charge in [0.1, 0.15) is 22.1 Å². The number of fused-ring (bicyclic) bond motifs is 2. The van der Waals surface area contributed by atoms with Crippen LogP contribution >= 0.6 is 34.4 Å². The first-order valence-electron chi connectivity index (χ1n) is 24.4. The molecule has 0 spiro atoms. The third-order valence-corrected chi connectivity index (χ3v) is 15.5. The highest BCUT2D eigenvalue weighted by Crippen LogP contribution is 2.44. The van der Waals surface area contributed by atoms with Crippen LogP contribution in [-0.2, 0) is 19.4 Å². The number of nitrogens with zero attached hydrogens (tertiary/aromatic N) is 5. The molecule has 0 fully saturated rings. The summed E-state index contributed by atoms with van der Waals surface area (Å²) < 4.78 is 9.41. The minimum absolute atomic E-state index is 0.585. The molecule has 0 bridgehead atoms. The average molecular weight is 866 g/mol. The van der Waals surface area contributed by atoms with Crippen molar-refractivity contribution in [3.05, 3.63) is 59.0 Å². The van der Waals surface area contributed by atoms with Gasteiger partial charge in [-0.1, -0.05) is 187 Å². The molecule has 1 unspecified atom stereocenters. The van der Waals surface area contributed by atoms with Crippen molar-refractivity contribution in [3.63, 3.8) is 0 Å². The number of thiophene rings is 2. The molecule has 5 nitrogen and oxygen atoms in total. The van der Waals surface area contributed by atoms with Crippen molar-refractivity contribution in [2.75, 3.05) is 0 Å². The predicted molar refractivity (Wildman–Crippen MR) is 265 cm³/mol. The summed E-state index contributed by atoms with van der Waals surface area (Å²) in [6, 6.07) is 16.1. The molecule has 0 aliphatic rings. The number of aromatic nitrogens is 5. The van der Waals surface area contributed by atoms with E-state index < -0.39 is 0 Å². The van der Waals surface area contributed by atoms with Crippen molar-refractivity contribution >= 4 is 56.5 Å². The Morgan fingerprint density at radius 1 is 0.550 bits per heavy atom. The molecule has 2 aromatic carbocycles. The molecule has 1 atom stereocenters. The monoisotopic (exact) mass is 866 g/mol. The zero-order chi connectivity index (χ0) is 41.8. The third-order valence-electron chi connectivity index (χ3n) is 12.7. The average Bonchev–Trinajstić information content (AvgIpc) is 4.10. The van der Waals surface area contributed by atoms with Gasteiger partial charge in [0.2, 0.25) is 0 Å². The first-order chi connectivity index (χ1) is 29.6. The van der Waals surface area contributed by atoms with E-state index >= 15 is 0 Å². The fraction of sp³-hybridized carbons (Fsp3) is 0.615. The predicted octanol–water partition coefficient (Wildman–Crippen LogP) is 17.7. The Labute approximate surface area is 375 Å². The van der Waals surface area contributed by atoms with Gasteiger partial charge in [0, 0.05) is 31.3 Å². The van der Waals surface area contributed by atoms with Crippen LogP contribution < -0.4 is 0 Å². The van der Waals surface area contributed by atoms with E-state index in [1.54, 1.807) is 0 Å². The largest absolute Gasteiger partial charge is 0.183 e. The molecule has 0 saturated heterocycles. The lowest BCUT2D eigenvalue weighted by molar-refractivity contribution is 0.351. The molecule has 60 heavy (non-hydrogen) atoms. The van der Waals surface area contributed by atoms with Crippen LogP contribution in [0.5, 0.6) is 0 Å². The Kier molecular flexibility index (Phi) is 20.1. The molecule has 6 aromatic rings. The molecule has 0 aliphatic heterocycles. The highest BCUT2D eigenvalue weighted by molar-refractivity contribution is 7.19. The molecule has 4 aromatic heterocycles. The van der Waals surface area contributed by atoms with Gasteiger partial charge >= 0.3 is 0 Å². The van der Waals surface area contributed by atoms with Crippen LogP contribution in [0.2, 0.25) is 0 Å². The molecule has 8 heteroatoms. The lowest BCUT2D eigenvalue weighted by Gasteiger charge is -2.12. The summed E-state index contributed by atoms with van der Waals surface area (Å²) in [6.45, 7) is 10.1. The number of hydrogen-bond acceptors (Lipinski definition) is 7. The Hall–Kier alpha value is -2.94. The fourth-order valence-electron chi connectivity index (χ4n) is 8.89. The first kappa shape index (κ1) is 46.6. The van der Waals surface area contributed by atoms with E-state index in [0.717, 1.165) is 47.9 Å². The second kappa shape index (κ2) is 25.9. The van der Waals surface area contributed by atoms with Crippen molar-refractivity contribution in [3.8, 4) is 31.3 Å². The lowest BCUT2D eigenvalue weighted by Crippen LogP contribution is -2.12. The molecule has 326 valence electrons. The van der Waals surface area contributed by atoms with E-state index in [0.29, 0.717) is 5.92 Å². The second-order valence-corrected chi connectivity index (χ2v) is 20.1. The smallest absolute Gasteiger partial charge is 0.122 e. The van der Waals surface area contributed by atoms with E-state index in [1.165, 1.54) is 202 Å². The first-order valence-corrected chi connectivity index (χ1v) is 26.9. The van der Waals surface area contributed by atoms with E-state index in [-0.39, 0.29) is 0 Å². The Morgan fingerprint density at radius 2 is 1.13 bits per heavy atom. The minimum Gasteiger partial charge on any atom is -0.183 e. The van der Waals surface area contributed by atoms with Crippen LogP contribution in [0.25, 0.3) is 53.4 Å². The summed E-state index contributed by atoms with van der Waals surface area (Å²) in [7, 11) is 0. The molecule has 6 rings (SSSR count). The maximum Gasteiger partial charge on any atom is 0.122 e. The van der Waals surface area contributed by atoms with Gasteiger partial charge in [-0.25, -0.2) is 0 Å². The van der Waals surface area contributed by atoms with Crippen molar-refractivity contribution in [2.45, 2.75) is 201 Å². The SMILES string of the molecule is CCCCCCCCCCCCc1csc(-c2ccc(-c3cc(CCCCCCCCCCCC)c(-c4cccc5nsnc45)s3)c3nn(CC(CC)CCCC)nc23)c1. The Morgan fingerprint density at radius 3 is 1.75 bits per heavy atom. The topological polar surface area (TPSA) is 56.5 Å². The van der Waals surface area contributed by atoms with Crippen LogP contribution in [0, 0.1) is 5.92 Å². The molecule has 0 radical (unpaired) electrons. The summed E-state index contributed by atoms with van der Waals surface area (Å²) in [5.41, 5.74) is 10.6. The van der Waals surface area contributed by atoms with E-state index in [2.05, 4.69) is 79.9 Å². The summed E-state index contributed by atoms with van der Waals surface area (Å²) in [4.78, 5) is 5.97. The lowest BCUT2D eigenvalue weighted by atomic mass is 10.00. The van der Waals surface area contributed by atoms with Crippen LogP contribution in [-0.4, -0.2) is 23.7 Å². The number of unbranched alkanes of at least 4 members (excludes halogenated alkanes) is 19. The normalized spacial score (nSPS) is 12.4. The Balaban J connectivity index is 1.22. The number of rotatable bonds is 31. The molecule has 0 amide bonds. The van der Waals surface area contributed by atoms with Gasteiger partial charge in [-0.15, -0.1) is 22.7 Å². The van der Waals surface area contributed by atoms with Crippen LogP contribution in [0.1, 0.15) is 193 Å². The minimum atomic E-state index is 0.585. The third kappa shape index (κ3) is 13.5. The Bertz CT molecular complexity index is 2100. The van der Waals surface area contributed by atoms with Crippen LogP contribution in [0.15, 0.2) is 47.8 Å². The summed E-state index contributed by atoms with van der Waals surface area (Å²) in [5.74, 6) is 0.585. The van der Waals surface area contributed by atoms with Crippen LogP contribution in [0.3, 0.4) is 0 Å². The molecule has 0 saturated carbocycles. The fourth-order valence-corrected chi connectivity index (χ4v) is 11.7. The van der Waals surface area contributed by atoms with Gasteiger partial charge in [0.05, 0.1) is 18.3 Å². The highest BCUT2D eigenvalue weighted by atomic mass is 32.1. The van der Waals surface area contributed by atoms with E-state index in [1.807, 2.05) is 27.5 Å². The van der Waals surface area contributed by atoms with Crippen molar-refractivity contribution in [2.24, 2.45) is 5.92 Å². The highest BCUT2D eigenvalue weighted by Gasteiger charge is 2.22. The van der Waals surface area contributed by atoms with Gasteiger partial charge in [0.25, 0.3) is 0 Å². The molecule has 4 heterocycles. The number of benzene rings is 2. The maximum absolute atomic E-state index is 5.36. The zero-order valence-electron chi connectivity index (χ0n) is 37.7. The maximum atomic E-state index is 5.36. The molecular formula is C52H75N5S3. The standard InChI is InChI=1S/C52H75N5S3/c1-5-9-12-14-16-18-20-22-24-26-30-41-36-47(58-39-41)43-34-35-44(51-50(43)53-57(54-51)38-40(8-4)29-11-7-3)48-37-42(31-27-25-23-21-19-17-15-13-10-6-2)52(59-48)45-32-28-33-46-49(45)56-60-55-46/h28,32-37,39-40H,5-27,29-31,38H2,1-4H3. The van der Waals surface area contributed by atoms with Crippen molar-refractivity contribution in [1.29, 1.82) is 0 Å². The number of hydrogen-bond donors (Lipinski definition) is 0. The summed E-state index contributed by atoms with van der Waals surface area (Å²) in [6.07, 6.45) is 34.4. The number of aryl methyl sites for hydroxylation is 2. The quantitative estimate of drug-likeness (QED) is 0.0409. The van der Waals surface area contributed by atoms with Gasteiger partial charge in [-0.2, -0.15) is 23.7 Å². The van der Waals surface area contributed by atoms with E-state index in [9.17, 15) is 0 Å². The molecule has 0 N–H and O–H groups in total. The van der Waals surface area contributed by atoms with Gasteiger partial charge in [0.15, 0.2) is 0 Å². The van der Waals surface area contributed by atoms with Crippen molar-refractivity contribution < 1.29 is 0 Å². The van der Waals surface area contributed by atoms with E-state index in [4.69, 9.17) is 14.6 Å². The van der Waals surface area contributed by atoms with Crippen molar-refractivity contribution in [1.82, 2.24) is 23.7 Å². The molecular weight excluding hydrogens is 791 g/mol. The van der Waals surface area contributed by atoms with Gasteiger partial charge in [-0.3, -0.25) is 0 Å². The zero-order valence-corrected chi connectivity index (χ0v) is 40.2.